The predicted molar refractivity (Wildman–Crippen MR) is 82.9 cm³/mol. The van der Waals surface area contributed by atoms with Gasteiger partial charge < -0.3 is 9.47 Å². The van der Waals surface area contributed by atoms with E-state index >= 15 is 0 Å². The van der Waals surface area contributed by atoms with Crippen molar-refractivity contribution in [1.82, 2.24) is 14.8 Å². The van der Waals surface area contributed by atoms with Crippen LogP contribution < -0.4 is 5.32 Å². The van der Waals surface area contributed by atoms with Crippen molar-refractivity contribution in [3.8, 4) is 5.82 Å². The number of rotatable bonds is 5. The number of carbonyl (C=O) groups is 2. The highest BCUT2D eigenvalue weighted by Crippen LogP contribution is 2.21. The molecule has 1 amide bonds. The Balaban J connectivity index is 2.37. The Morgan fingerprint density at radius 3 is 2.96 bits per heavy atom. The van der Waals surface area contributed by atoms with E-state index in [1.807, 2.05) is 0 Å². The first kappa shape index (κ1) is 16.5. The normalized spacial score (nSPS) is 10.0. The van der Waals surface area contributed by atoms with Gasteiger partial charge in [0.15, 0.2) is 17.3 Å². The van der Waals surface area contributed by atoms with Crippen molar-refractivity contribution in [3.63, 3.8) is 0 Å². The lowest BCUT2D eigenvalue weighted by atomic mass is 10.4. The highest BCUT2D eigenvalue weighted by Gasteiger charge is 2.20. The number of halogens is 1. The molecule has 0 bridgehead atoms. The van der Waals surface area contributed by atoms with Crippen LogP contribution in [0.15, 0.2) is 37.1 Å². The van der Waals surface area contributed by atoms with Gasteiger partial charge in [0.05, 0.1) is 12.1 Å². The van der Waals surface area contributed by atoms with E-state index in [4.69, 9.17) is 21.1 Å². The van der Waals surface area contributed by atoms with Crippen LogP contribution in [-0.4, -0.2) is 40.5 Å². The second kappa shape index (κ2) is 7.41. The molecule has 0 saturated carbocycles. The lowest BCUT2D eigenvalue weighted by Crippen LogP contribution is -2.14. The van der Waals surface area contributed by atoms with Gasteiger partial charge in [-0.25, -0.2) is 19.3 Å². The number of esters is 1. The van der Waals surface area contributed by atoms with Crippen molar-refractivity contribution >= 4 is 29.5 Å². The summed E-state index contributed by atoms with van der Waals surface area (Å²) in [5.41, 5.74) is 0.0483. The third-order valence-corrected chi connectivity index (χ3v) is 2.90. The summed E-state index contributed by atoms with van der Waals surface area (Å²) in [5.74, 6) is -0.352. The van der Waals surface area contributed by atoms with Gasteiger partial charge in [0, 0.05) is 12.3 Å². The van der Waals surface area contributed by atoms with E-state index in [9.17, 15) is 9.59 Å². The molecule has 0 aromatic carbocycles. The number of ether oxygens (including phenoxy) is 2. The standard InChI is InChI=1S/C14H13ClN4O4/c1-3-7-23-14(21)17-11-8-10(13(20)22-2)19(18-11)12-9(15)5-4-6-16-12/h3-6,8H,1,7H2,2H3,(H,17,18,21). The molecule has 0 spiro atoms. The van der Waals surface area contributed by atoms with Gasteiger partial charge in [-0.05, 0) is 12.1 Å². The molecule has 9 heteroatoms. The summed E-state index contributed by atoms with van der Waals surface area (Å²) >= 11 is 6.06. The molecule has 0 saturated heterocycles. The largest absolute Gasteiger partial charge is 0.464 e. The zero-order valence-corrected chi connectivity index (χ0v) is 12.9. The van der Waals surface area contributed by atoms with E-state index in [0.717, 1.165) is 0 Å². The highest BCUT2D eigenvalue weighted by molar-refractivity contribution is 6.32. The molecule has 1 N–H and O–H groups in total. The number of anilines is 1. The van der Waals surface area contributed by atoms with Crippen molar-refractivity contribution in [2.24, 2.45) is 0 Å². The Hall–Kier alpha value is -2.87. The SMILES string of the molecule is C=CCOC(=O)Nc1cc(C(=O)OC)n(-c2ncccc2Cl)n1. The second-order valence-electron chi connectivity index (χ2n) is 4.14. The van der Waals surface area contributed by atoms with Crippen molar-refractivity contribution in [2.45, 2.75) is 0 Å². The first-order valence-electron chi connectivity index (χ1n) is 6.40. The third kappa shape index (κ3) is 3.86. The molecular weight excluding hydrogens is 324 g/mol. The van der Waals surface area contributed by atoms with E-state index in [2.05, 4.69) is 22.0 Å². The Kier molecular flexibility index (Phi) is 5.32. The molecule has 0 aliphatic carbocycles. The van der Waals surface area contributed by atoms with Gasteiger partial charge in [-0.15, -0.1) is 5.10 Å². The van der Waals surface area contributed by atoms with E-state index in [-0.39, 0.29) is 29.0 Å². The first-order valence-corrected chi connectivity index (χ1v) is 6.78. The average molecular weight is 337 g/mol. The van der Waals surface area contributed by atoms with Crippen LogP contribution in [0.3, 0.4) is 0 Å². The summed E-state index contributed by atoms with van der Waals surface area (Å²) in [6.45, 7) is 3.48. The maximum absolute atomic E-state index is 11.9. The number of methoxy groups -OCH3 is 1. The Morgan fingerprint density at radius 2 is 2.30 bits per heavy atom. The van der Waals surface area contributed by atoms with E-state index in [0.29, 0.717) is 0 Å². The van der Waals surface area contributed by atoms with Crippen LogP contribution in [0.1, 0.15) is 10.5 Å². The van der Waals surface area contributed by atoms with Gasteiger partial charge in [0.2, 0.25) is 0 Å². The van der Waals surface area contributed by atoms with Crippen LogP contribution in [0, 0.1) is 0 Å². The number of nitrogens with one attached hydrogen (secondary N) is 1. The Bertz CT molecular complexity index is 744. The minimum absolute atomic E-state index is 0.0441. The summed E-state index contributed by atoms with van der Waals surface area (Å²) in [6.07, 6.45) is 2.18. The summed E-state index contributed by atoms with van der Waals surface area (Å²) in [4.78, 5) is 27.5. The maximum Gasteiger partial charge on any atom is 0.413 e. The van der Waals surface area contributed by atoms with Crippen molar-refractivity contribution in [1.29, 1.82) is 0 Å². The molecular formula is C14H13ClN4O4. The number of carbonyl (C=O) groups excluding carboxylic acids is 2. The summed E-state index contributed by atoms with van der Waals surface area (Å²) < 4.78 is 10.7. The smallest absolute Gasteiger partial charge is 0.413 e. The van der Waals surface area contributed by atoms with Gasteiger partial charge in [-0.3, -0.25) is 5.32 Å². The monoisotopic (exact) mass is 336 g/mol. The zero-order valence-electron chi connectivity index (χ0n) is 12.2. The van der Waals surface area contributed by atoms with Crippen LogP contribution in [0.25, 0.3) is 5.82 Å². The molecule has 2 aromatic heterocycles. The van der Waals surface area contributed by atoms with E-state index < -0.39 is 12.1 Å². The zero-order chi connectivity index (χ0) is 16.8. The molecule has 0 atom stereocenters. The lowest BCUT2D eigenvalue weighted by Gasteiger charge is -2.06. The fourth-order valence-electron chi connectivity index (χ4n) is 1.66. The average Bonchev–Trinajstić information content (AvgIpc) is 2.96. The van der Waals surface area contributed by atoms with Gasteiger partial charge in [0.25, 0.3) is 0 Å². The van der Waals surface area contributed by atoms with Crippen LogP contribution in [0.2, 0.25) is 5.02 Å². The maximum atomic E-state index is 11.9. The molecule has 2 aromatic rings. The Morgan fingerprint density at radius 1 is 1.52 bits per heavy atom. The summed E-state index contributed by atoms with van der Waals surface area (Å²) in [7, 11) is 1.23. The van der Waals surface area contributed by atoms with Gasteiger partial charge >= 0.3 is 12.1 Å². The van der Waals surface area contributed by atoms with Gasteiger partial charge in [-0.1, -0.05) is 24.3 Å². The van der Waals surface area contributed by atoms with Crippen molar-refractivity contribution in [2.75, 3.05) is 19.0 Å². The topological polar surface area (TPSA) is 95.3 Å². The minimum atomic E-state index is -0.738. The number of nitrogens with zero attached hydrogens (tertiary/aromatic N) is 3. The molecule has 120 valence electrons. The first-order chi connectivity index (χ1) is 11.1. The van der Waals surface area contributed by atoms with E-state index in [1.54, 1.807) is 12.1 Å². The fourth-order valence-corrected chi connectivity index (χ4v) is 1.86. The van der Waals surface area contributed by atoms with Crippen LogP contribution in [-0.2, 0) is 9.47 Å². The minimum Gasteiger partial charge on any atom is -0.464 e. The molecule has 0 aliphatic rings. The number of aromatic nitrogens is 3. The van der Waals surface area contributed by atoms with Crippen molar-refractivity contribution in [3.05, 3.63) is 47.8 Å². The molecule has 2 rings (SSSR count). The second-order valence-corrected chi connectivity index (χ2v) is 4.55. The third-order valence-electron chi connectivity index (χ3n) is 2.61. The Labute approximate surface area is 136 Å². The quantitative estimate of drug-likeness (QED) is 0.665. The van der Waals surface area contributed by atoms with Gasteiger partial charge in [0.1, 0.15) is 6.61 Å². The van der Waals surface area contributed by atoms with Crippen LogP contribution >= 0.6 is 11.6 Å². The number of hydrogen-bond donors (Lipinski definition) is 1. The van der Waals surface area contributed by atoms with E-state index in [1.165, 1.54) is 30.1 Å². The number of amides is 1. The molecule has 0 unspecified atom stereocenters. The predicted octanol–water partition coefficient (Wildman–Crippen LogP) is 2.44. The molecule has 23 heavy (non-hydrogen) atoms. The highest BCUT2D eigenvalue weighted by atomic mass is 35.5. The van der Waals surface area contributed by atoms with Gasteiger partial charge in [-0.2, -0.15) is 0 Å². The molecule has 0 radical (unpaired) electrons. The molecule has 2 heterocycles. The molecule has 0 fully saturated rings. The lowest BCUT2D eigenvalue weighted by molar-refractivity contribution is 0.0590. The summed E-state index contributed by atoms with van der Waals surface area (Å²) in [5, 5.41) is 6.75. The fraction of sp³-hybridized carbons (Fsp3) is 0.143. The number of pyridine rings is 1. The van der Waals surface area contributed by atoms with Crippen molar-refractivity contribution < 1.29 is 19.1 Å². The molecule has 8 nitrogen and oxygen atoms in total. The molecule has 0 aliphatic heterocycles. The van der Waals surface area contributed by atoms with Crippen LogP contribution in [0.4, 0.5) is 10.6 Å². The van der Waals surface area contributed by atoms with Crippen LogP contribution in [0.5, 0.6) is 0 Å². The number of hydrogen-bond acceptors (Lipinski definition) is 6. The summed E-state index contributed by atoms with van der Waals surface area (Å²) in [6, 6.07) is 4.56.